The van der Waals surface area contributed by atoms with E-state index in [0.29, 0.717) is 6.61 Å². The van der Waals surface area contributed by atoms with Crippen molar-refractivity contribution < 1.29 is 5.11 Å². The van der Waals surface area contributed by atoms with E-state index in [9.17, 15) is 0 Å². The van der Waals surface area contributed by atoms with Crippen LogP contribution in [0.15, 0.2) is 0 Å². The minimum absolute atomic E-state index is 0.373. The Balaban J connectivity index is 0. The van der Waals surface area contributed by atoms with Gasteiger partial charge in [0.1, 0.15) is 0 Å². The van der Waals surface area contributed by atoms with Crippen LogP contribution in [0.2, 0.25) is 0 Å². The molecule has 0 aromatic carbocycles. The summed E-state index contributed by atoms with van der Waals surface area (Å²) in [7, 11) is 0. The Labute approximate surface area is 199 Å². The van der Waals surface area contributed by atoms with E-state index in [1.54, 1.807) is 0 Å². The lowest BCUT2D eigenvalue weighted by molar-refractivity contribution is 0.282. The van der Waals surface area contributed by atoms with Crippen LogP contribution in [-0.4, -0.2) is 11.7 Å². The van der Waals surface area contributed by atoms with E-state index in [1.165, 1.54) is 161 Å². The molecule has 0 spiro atoms. The molecule has 0 radical (unpaired) electrons. The maximum absolute atomic E-state index is 8.64. The van der Waals surface area contributed by atoms with Gasteiger partial charge in [-0.15, -0.1) is 0 Å². The highest BCUT2D eigenvalue weighted by molar-refractivity contribution is 4.49. The molecule has 0 saturated carbocycles. The Bertz CT molecular complexity index is 237. The molecule has 0 amide bonds. The van der Waals surface area contributed by atoms with Gasteiger partial charge in [0.2, 0.25) is 0 Å². The van der Waals surface area contributed by atoms with E-state index in [4.69, 9.17) is 5.11 Å². The van der Waals surface area contributed by atoms with Crippen molar-refractivity contribution in [1.82, 2.24) is 0 Å². The molecule has 31 heavy (non-hydrogen) atoms. The minimum Gasteiger partial charge on any atom is -0.396 e. The average molecular weight is 441 g/mol. The summed E-state index contributed by atoms with van der Waals surface area (Å²) < 4.78 is 0. The van der Waals surface area contributed by atoms with Crippen molar-refractivity contribution in [3.05, 3.63) is 0 Å². The third-order valence-electron chi connectivity index (χ3n) is 6.47. The van der Waals surface area contributed by atoms with Gasteiger partial charge in [-0.3, -0.25) is 0 Å². The molecule has 190 valence electrons. The highest BCUT2D eigenvalue weighted by atomic mass is 16.2. The summed E-state index contributed by atoms with van der Waals surface area (Å²) in [5.74, 6) is 0. The van der Waals surface area contributed by atoms with Gasteiger partial charge in [-0.05, 0) is 6.42 Å². The van der Waals surface area contributed by atoms with Gasteiger partial charge in [-0.25, -0.2) is 0 Å². The number of hydrogen-bond acceptors (Lipinski definition) is 1. The van der Waals surface area contributed by atoms with Gasteiger partial charge >= 0.3 is 0 Å². The summed E-state index contributed by atoms with van der Waals surface area (Å²) >= 11 is 0. The Morgan fingerprint density at radius 3 is 0.581 bits per heavy atom. The molecular formula is C30H64O. The first-order chi connectivity index (χ1) is 15.3. The molecule has 0 atom stereocenters. The van der Waals surface area contributed by atoms with Gasteiger partial charge in [0.05, 0.1) is 0 Å². The molecule has 0 heterocycles. The summed E-state index contributed by atoms with van der Waals surface area (Å²) in [6.07, 6.45) is 36.6. The molecule has 1 heteroatoms. The van der Waals surface area contributed by atoms with Crippen LogP contribution in [0.5, 0.6) is 0 Å². The quantitative estimate of drug-likeness (QED) is 0.140. The van der Waals surface area contributed by atoms with Gasteiger partial charge < -0.3 is 5.11 Å². The minimum atomic E-state index is 0.373. The van der Waals surface area contributed by atoms with Crippen LogP contribution in [0.4, 0.5) is 0 Å². The standard InChI is InChI=1S/C16H34O.C14H30/c1-2-3-4-5-6-7-8-9-10-11-12-13-14-15-16-17;1-3-5-7-9-11-13-14-12-10-8-6-4-2/h17H,2-16H2,1H3;3-14H2,1-2H3. The molecule has 0 fully saturated rings. The van der Waals surface area contributed by atoms with Gasteiger partial charge in [-0.1, -0.05) is 181 Å². The largest absolute Gasteiger partial charge is 0.396 e. The summed E-state index contributed by atoms with van der Waals surface area (Å²) in [6, 6.07) is 0. The predicted octanol–water partition coefficient (Wildman–Crippen LogP) is 11.2. The van der Waals surface area contributed by atoms with Gasteiger partial charge in [0.25, 0.3) is 0 Å². The van der Waals surface area contributed by atoms with Crippen LogP contribution in [0, 0.1) is 0 Å². The Morgan fingerprint density at radius 1 is 0.258 bits per heavy atom. The third kappa shape index (κ3) is 37.6. The number of rotatable bonds is 25. The smallest absolute Gasteiger partial charge is 0.0431 e. The summed E-state index contributed by atoms with van der Waals surface area (Å²) in [4.78, 5) is 0. The Kier molecular flexibility index (Phi) is 37.0. The molecule has 0 bridgehead atoms. The lowest BCUT2D eigenvalue weighted by Gasteiger charge is -2.02. The SMILES string of the molecule is CCCCCCCCCCCCCC.CCCCCCCCCCCCCCCCO. The average Bonchev–Trinajstić information content (AvgIpc) is 2.79. The molecular weight excluding hydrogens is 376 g/mol. The Hall–Kier alpha value is -0.0400. The predicted molar refractivity (Wildman–Crippen MR) is 144 cm³/mol. The zero-order valence-electron chi connectivity index (χ0n) is 22.5. The molecule has 0 unspecified atom stereocenters. The highest BCUT2D eigenvalue weighted by Crippen LogP contribution is 2.13. The fourth-order valence-electron chi connectivity index (χ4n) is 4.22. The van der Waals surface area contributed by atoms with Crippen LogP contribution in [0.3, 0.4) is 0 Å². The lowest BCUT2D eigenvalue weighted by Crippen LogP contribution is -1.84. The van der Waals surface area contributed by atoms with E-state index in [-0.39, 0.29) is 0 Å². The molecule has 0 saturated heterocycles. The second-order valence-electron chi connectivity index (χ2n) is 9.86. The zero-order valence-corrected chi connectivity index (χ0v) is 22.5. The highest BCUT2D eigenvalue weighted by Gasteiger charge is 1.94. The van der Waals surface area contributed by atoms with Crippen molar-refractivity contribution in [2.24, 2.45) is 0 Å². The lowest BCUT2D eigenvalue weighted by atomic mass is 10.0. The fourth-order valence-corrected chi connectivity index (χ4v) is 4.22. The molecule has 0 aromatic rings. The molecule has 0 aromatic heterocycles. The molecule has 0 aliphatic heterocycles. The van der Waals surface area contributed by atoms with Crippen LogP contribution < -0.4 is 0 Å². The van der Waals surface area contributed by atoms with Crippen LogP contribution in [0.1, 0.15) is 188 Å². The topological polar surface area (TPSA) is 20.2 Å². The monoisotopic (exact) mass is 440 g/mol. The van der Waals surface area contributed by atoms with Gasteiger partial charge in [0.15, 0.2) is 0 Å². The summed E-state index contributed by atoms with van der Waals surface area (Å²) in [6.45, 7) is 7.22. The molecule has 0 aliphatic rings. The molecule has 0 rings (SSSR count). The number of unbranched alkanes of at least 4 members (excludes halogenated alkanes) is 24. The third-order valence-corrected chi connectivity index (χ3v) is 6.47. The van der Waals surface area contributed by atoms with Crippen molar-refractivity contribution in [3.63, 3.8) is 0 Å². The first kappa shape index (κ1) is 33.1. The molecule has 1 nitrogen and oxygen atoms in total. The first-order valence-corrected chi connectivity index (χ1v) is 14.9. The maximum atomic E-state index is 8.64. The van der Waals surface area contributed by atoms with E-state index in [2.05, 4.69) is 20.8 Å². The van der Waals surface area contributed by atoms with Gasteiger partial charge in [0, 0.05) is 6.61 Å². The summed E-state index contributed by atoms with van der Waals surface area (Å²) in [5, 5.41) is 8.64. The van der Waals surface area contributed by atoms with Crippen molar-refractivity contribution in [2.45, 2.75) is 188 Å². The Morgan fingerprint density at radius 2 is 0.419 bits per heavy atom. The molecule has 0 aliphatic carbocycles. The summed E-state index contributed by atoms with van der Waals surface area (Å²) in [5.41, 5.74) is 0. The first-order valence-electron chi connectivity index (χ1n) is 14.9. The van der Waals surface area contributed by atoms with Crippen molar-refractivity contribution in [1.29, 1.82) is 0 Å². The van der Waals surface area contributed by atoms with E-state index in [1.807, 2.05) is 0 Å². The van der Waals surface area contributed by atoms with E-state index in [0.717, 1.165) is 6.42 Å². The number of aliphatic hydroxyl groups is 1. The normalized spacial score (nSPS) is 10.8. The zero-order chi connectivity index (χ0) is 23.1. The maximum Gasteiger partial charge on any atom is 0.0431 e. The van der Waals surface area contributed by atoms with Crippen molar-refractivity contribution >= 4 is 0 Å². The van der Waals surface area contributed by atoms with Crippen LogP contribution in [0.25, 0.3) is 0 Å². The van der Waals surface area contributed by atoms with E-state index < -0.39 is 0 Å². The fraction of sp³-hybridized carbons (Fsp3) is 1.00. The number of aliphatic hydroxyl groups excluding tert-OH is 1. The van der Waals surface area contributed by atoms with Crippen molar-refractivity contribution in [3.8, 4) is 0 Å². The van der Waals surface area contributed by atoms with E-state index >= 15 is 0 Å². The van der Waals surface area contributed by atoms with Crippen molar-refractivity contribution in [2.75, 3.05) is 6.61 Å². The second kappa shape index (κ2) is 34.6. The second-order valence-corrected chi connectivity index (χ2v) is 9.86. The van der Waals surface area contributed by atoms with Crippen LogP contribution in [-0.2, 0) is 0 Å². The van der Waals surface area contributed by atoms with Crippen LogP contribution >= 0.6 is 0 Å². The molecule has 1 N–H and O–H groups in total. The van der Waals surface area contributed by atoms with Gasteiger partial charge in [-0.2, -0.15) is 0 Å². The number of hydrogen-bond donors (Lipinski definition) is 1.